The molecule has 28 heavy (non-hydrogen) atoms. The molecule has 1 N–H and O–H groups in total. The molecule has 0 radical (unpaired) electrons. The molecule has 0 atom stereocenters. The molecule has 0 saturated carbocycles. The van der Waals surface area contributed by atoms with Gasteiger partial charge in [0.05, 0.1) is 25.4 Å². The number of carbonyl (C=O) groups is 1. The Morgan fingerprint density at radius 1 is 1.00 bits per heavy atom. The first-order valence-corrected chi connectivity index (χ1v) is 9.12. The third kappa shape index (κ3) is 4.04. The molecule has 5 nitrogen and oxygen atoms in total. The maximum atomic E-state index is 12.4. The Morgan fingerprint density at radius 2 is 1.79 bits per heavy atom. The average molecular weight is 371 g/mol. The van der Waals surface area contributed by atoms with E-state index in [0.29, 0.717) is 18.7 Å². The van der Waals surface area contributed by atoms with Gasteiger partial charge in [0.15, 0.2) is 0 Å². The Balaban J connectivity index is 1.39. The minimum atomic E-state index is -0.130. The number of amides is 1. The Morgan fingerprint density at radius 3 is 2.61 bits per heavy atom. The van der Waals surface area contributed by atoms with E-state index in [-0.39, 0.29) is 5.91 Å². The predicted molar refractivity (Wildman–Crippen MR) is 109 cm³/mol. The van der Waals surface area contributed by atoms with E-state index < -0.39 is 0 Å². The van der Waals surface area contributed by atoms with Crippen molar-refractivity contribution in [3.63, 3.8) is 0 Å². The molecule has 0 spiro atoms. The first kappa shape index (κ1) is 17.8. The summed E-state index contributed by atoms with van der Waals surface area (Å²) in [5.74, 6) is 0.704. The summed E-state index contributed by atoms with van der Waals surface area (Å²) >= 11 is 0. The minimum absolute atomic E-state index is 0.130. The van der Waals surface area contributed by atoms with Gasteiger partial charge >= 0.3 is 0 Å². The van der Waals surface area contributed by atoms with E-state index in [1.165, 1.54) is 0 Å². The molecule has 0 aliphatic heterocycles. The lowest BCUT2D eigenvalue weighted by molar-refractivity contribution is 0.0951. The molecule has 0 aliphatic rings. The summed E-state index contributed by atoms with van der Waals surface area (Å²) in [5.41, 5.74) is 2.74. The average Bonchev–Trinajstić information content (AvgIpc) is 3.20. The molecule has 140 valence electrons. The van der Waals surface area contributed by atoms with E-state index in [1.54, 1.807) is 24.2 Å². The van der Waals surface area contributed by atoms with Crippen LogP contribution in [0.4, 0.5) is 0 Å². The number of methoxy groups -OCH3 is 1. The van der Waals surface area contributed by atoms with Crippen molar-refractivity contribution in [2.45, 2.75) is 13.1 Å². The summed E-state index contributed by atoms with van der Waals surface area (Å²) in [4.78, 5) is 12.4. The normalized spacial score (nSPS) is 10.8. The zero-order chi connectivity index (χ0) is 19.3. The van der Waals surface area contributed by atoms with E-state index in [4.69, 9.17) is 4.74 Å². The summed E-state index contributed by atoms with van der Waals surface area (Å²) < 4.78 is 7.03. The van der Waals surface area contributed by atoms with Crippen molar-refractivity contribution < 1.29 is 9.53 Å². The highest BCUT2D eigenvalue weighted by Crippen LogP contribution is 2.21. The molecule has 0 unspecified atom stereocenters. The molecular formula is C23H21N3O2. The van der Waals surface area contributed by atoms with Crippen molar-refractivity contribution in [2.24, 2.45) is 0 Å². The second-order valence-corrected chi connectivity index (χ2v) is 6.64. The molecule has 3 aromatic carbocycles. The topological polar surface area (TPSA) is 56.1 Å². The number of fused-ring (bicyclic) bond motifs is 1. The van der Waals surface area contributed by atoms with Gasteiger partial charge in [0.1, 0.15) is 5.75 Å². The summed E-state index contributed by atoms with van der Waals surface area (Å²) in [7, 11) is 1.66. The number of nitrogens with zero attached hydrogens (tertiary/aromatic N) is 2. The molecule has 4 aromatic rings. The molecule has 1 amide bonds. The highest BCUT2D eigenvalue weighted by Gasteiger charge is 2.09. The zero-order valence-electron chi connectivity index (χ0n) is 15.6. The van der Waals surface area contributed by atoms with Gasteiger partial charge in [-0.2, -0.15) is 5.10 Å². The SMILES string of the molecule is COc1ccc2cc(CNC(=O)c3cnn(Cc4ccccc4)c3)ccc2c1. The van der Waals surface area contributed by atoms with Crippen molar-refractivity contribution in [2.75, 3.05) is 7.11 Å². The van der Waals surface area contributed by atoms with E-state index in [1.807, 2.05) is 60.7 Å². The number of nitrogens with one attached hydrogen (secondary N) is 1. The fourth-order valence-electron chi connectivity index (χ4n) is 3.13. The predicted octanol–water partition coefficient (Wildman–Crippen LogP) is 4.02. The minimum Gasteiger partial charge on any atom is -0.497 e. The molecule has 0 fully saturated rings. The van der Waals surface area contributed by atoms with Gasteiger partial charge in [-0.1, -0.05) is 48.5 Å². The van der Waals surface area contributed by atoms with Crippen LogP contribution < -0.4 is 10.1 Å². The van der Waals surface area contributed by atoms with Crippen LogP contribution in [0, 0.1) is 0 Å². The number of aromatic nitrogens is 2. The molecule has 0 saturated heterocycles. The number of hydrogen-bond acceptors (Lipinski definition) is 3. The van der Waals surface area contributed by atoms with E-state index in [9.17, 15) is 4.79 Å². The van der Waals surface area contributed by atoms with E-state index in [2.05, 4.69) is 16.5 Å². The third-order valence-corrected chi connectivity index (χ3v) is 4.65. The van der Waals surface area contributed by atoms with Gasteiger partial charge in [-0.3, -0.25) is 9.48 Å². The Kier molecular flexibility index (Phi) is 5.06. The first-order chi connectivity index (χ1) is 13.7. The van der Waals surface area contributed by atoms with Crippen molar-refractivity contribution in [3.05, 3.63) is 95.8 Å². The van der Waals surface area contributed by atoms with Crippen molar-refractivity contribution >= 4 is 16.7 Å². The summed E-state index contributed by atoms with van der Waals surface area (Å²) in [6.07, 6.45) is 3.37. The van der Waals surface area contributed by atoms with Crippen LogP contribution in [0.25, 0.3) is 10.8 Å². The first-order valence-electron chi connectivity index (χ1n) is 9.12. The van der Waals surface area contributed by atoms with Crippen LogP contribution in [0.1, 0.15) is 21.5 Å². The fraction of sp³-hybridized carbons (Fsp3) is 0.130. The van der Waals surface area contributed by atoms with Crippen LogP contribution in [-0.4, -0.2) is 22.8 Å². The summed E-state index contributed by atoms with van der Waals surface area (Å²) in [6, 6.07) is 22.1. The largest absolute Gasteiger partial charge is 0.497 e. The molecule has 4 rings (SSSR count). The number of benzene rings is 3. The lowest BCUT2D eigenvalue weighted by Crippen LogP contribution is -2.22. The zero-order valence-corrected chi connectivity index (χ0v) is 15.6. The van der Waals surface area contributed by atoms with E-state index >= 15 is 0 Å². The number of ether oxygens (including phenoxy) is 1. The highest BCUT2D eigenvalue weighted by molar-refractivity contribution is 5.93. The standard InChI is InChI=1S/C23H21N3O2/c1-28-22-10-9-19-11-18(7-8-20(19)12-22)13-24-23(27)21-14-25-26(16-21)15-17-5-3-2-4-6-17/h2-12,14,16H,13,15H2,1H3,(H,24,27). The Labute approximate surface area is 163 Å². The smallest absolute Gasteiger partial charge is 0.254 e. The third-order valence-electron chi connectivity index (χ3n) is 4.65. The van der Waals surface area contributed by atoms with Gasteiger partial charge < -0.3 is 10.1 Å². The van der Waals surface area contributed by atoms with E-state index in [0.717, 1.165) is 27.6 Å². The van der Waals surface area contributed by atoms with Crippen LogP contribution in [0.2, 0.25) is 0 Å². The second kappa shape index (κ2) is 7.96. The maximum Gasteiger partial charge on any atom is 0.254 e. The van der Waals surface area contributed by atoms with Gasteiger partial charge in [0.2, 0.25) is 0 Å². The van der Waals surface area contributed by atoms with Crippen LogP contribution in [-0.2, 0) is 13.1 Å². The Bertz CT molecular complexity index is 1100. The van der Waals surface area contributed by atoms with Crippen molar-refractivity contribution in [3.8, 4) is 5.75 Å². The monoisotopic (exact) mass is 371 g/mol. The molecule has 5 heteroatoms. The second-order valence-electron chi connectivity index (χ2n) is 6.64. The fourth-order valence-corrected chi connectivity index (χ4v) is 3.13. The molecule has 1 heterocycles. The lowest BCUT2D eigenvalue weighted by Gasteiger charge is -2.07. The van der Waals surface area contributed by atoms with Crippen molar-refractivity contribution in [1.82, 2.24) is 15.1 Å². The van der Waals surface area contributed by atoms with Crippen molar-refractivity contribution in [1.29, 1.82) is 0 Å². The van der Waals surface area contributed by atoms with Crippen LogP contribution in [0.15, 0.2) is 79.1 Å². The maximum absolute atomic E-state index is 12.4. The van der Waals surface area contributed by atoms with Gasteiger partial charge in [-0.05, 0) is 40.1 Å². The van der Waals surface area contributed by atoms with Gasteiger partial charge in [0, 0.05) is 12.7 Å². The molecule has 0 aliphatic carbocycles. The highest BCUT2D eigenvalue weighted by atomic mass is 16.5. The van der Waals surface area contributed by atoms with Gasteiger partial charge in [-0.25, -0.2) is 0 Å². The van der Waals surface area contributed by atoms with Crippen LogP contribution in [0.5, 0.6) is 5.75 Å². The molecular weight excluding hydrogens is 350 g/mol. The van der Waals surface area contributed by atoms with Gasteiger partial charge in [-0.15, -0.1) is 0 Å². The quantitative estimate of drug-likeness (QED) is 0.557. The van der Waals surface area contributed by atoms with Crippen LogP contribution >= 0.6 is 0 Å². The lowest BCUT2D eigenvalue weighted by atomic mass is 10.1. The number of carbonyl (C=O) groups excluding carboxylic acids is 1. The summed E-state index contributed by atoms with van der Waals surface area (Å²) in [6.45, 7) is 1.10. The molecule has 1 aromatic heterocycles. The van der Waals surface area contributed by atoms with Gasteiger partial charge in [0.25, 0.3) is 5.91 Å². The number of rotatable bonds is 6. The summed E-state index contributed by atoms with van der Waals surface area (Å²) in [5, 5.41) is 9.47. The Hall–Kier alpha value is -3.60. The number of hydrogen-bond donors (Lipinski definition) is 1. The van der Waals surface area contributed by atoms with Crippen LogP contribution in [0.3, 0.4) is 0 Å². The molecule has 0 bridgehead atoms.